The predicted molar refractivity (Wildman–Crippen MR) is 52.1 cm³/mol. The van der Waals surface area contributed by atoms with Crippen molar-refractivity contribution in [2.45, 2.75) is 12.8 Å². The fourth-order valence-corrected chi connectivity index (χ4v) is 1.48. The fraction of sp³-hybridized carbons (Fsp3) is 0.333. The van der Waals surface area contributed by atoms with Gasteiger partial charge in [-0.05, 0) is 5.56 Å². The minimum absolute atomic E-state index is 0.108. The van der Waals surface area contributed by atoms with Crippen LogP contribution in [-0.4, -0.2) is 23.2 Å². The third kappa shape index (κ3) is 2.57. The number of carboxylic acids is 1. The lowest BCUT2D eigenvalue weighted by atomic mass is 10.1. The van der Waals surface area contributed by atoms with Crippen LogP contribution in [-0.2, 0) is 11.2 Å². The number of nitrogens with zero attached hydrogens (tertiary/aromatic N) is 1. The van der Waals surface area contributed by atoms with Crippen LogP contribution in [0, 0.1) is 0 Å². The third-order valence-electron chi connectivity index (χ3n) is 1.88. The summed E-state index contributed by atoms with van der Waals surface area (Å²) in [6.45, 7) is 0. The summed E-state index contributed by atoms with van der Waals surface area (Å²) >= 11 is 5.57. The highest BCUT2D eigenvalue weighted by Gasteiger charge is 2.23. The van der Waals surface area contributed by atoms with E-state index in [2.05, 4.69) is 4.98 Å². The first kappa shape index (κ1) is 12.6. The zero-order chi connectivity index (χ0) is 12.3. The number of carbonyl (C=O) groups is 1. The van der Waals surface area contributed by atoms with Gasteiger partial charge in [0.2, 0.25) is 0 Å². The molecule has 0 aliphatic rings. The van der Waals surface area contributed by atoms with Crippen LogP contribution in [0.1, 0.15) is 17.6 Å². The molecule has 7 heteroatoms. The van der Waals surface area contributed by atoms with E-state index in [1.165, 1.54) is 7.11 Å². The normalized spacial score (nSPS) is 10.6. The molecular weight excluding hydrogens is 244 g/mol. The summed E-state index contributed by atoms with van der Waals surface area (Å²) < 4.78 is 30.2. The van der Waals surface area contributed by atoms with Crippen molar-refractivity contribution >= 4 is 17.6 Å². The summed E-state index contributed by atoms with van der Waals surface area (Å²) in [6.07, 6.45) is -2.41. The standard InChI is InChI=1S/C9H8ClF2NO3/c1-16-7-6(9(11)12)4(2-5(14)15)3-13-8(7)10/h3,9H,2H2,1H3,(H,14,15). The number of ether oxygens (including phenoxy) is 1. The van der Waals surface area contributed by atoms with Gasteiger partial charge in [0.1, 0.15) is 0 Å². The van der Waals surface area contributed by atoms with Crippen molar-refractivity contribution in [2.75, 3.05) is 7.11 Å². The van der Waals surface area contributed by atoms with Gasteiger partial charge < -0.3 is 9.84 Å². The molecule has 0 aliphatic heterocycles. The summed E-state index contributed by atoms with van der Waals surface area (Å²) in [5.74, 6) is -1.51. The van der Waals surface area contributed by atoms with E-state index in [1.807, 2.05) is 0 Å². The Balaban J connectivity index is 3.32. The minimum atomic E-state index is -2.87. The van der Waals surface area contributed by atoms with Crippen LogP contribution in [0.15, 0.2) is 6.20 Å². The average Bonchev–Trinajstić information content (AvgIpc) is 2.18. The summed E-state index contributed by atoms with van der Waals surface area (Å²) in [5, 5.41) is 8.34. The van der Waals surface area contributed by atoms with E-state index in [0.29, 0.717) is 0 Å². The molecule has 0 aliphatic carbocycles. The molecule has 1 rings (SSSR count). The van der Waals surface area contributed by atoms with E-state index >= 15 is 0 Å². The summed E-state index contributed by atoms with van der Waals surface area (Å²) in [4.78, 5) is 14.1. The molecule has 0 bridgehead atoms. The maximum absolute atomic E-state index is 12.7. The molecule has 1 N–H and O–H groups in total. The third-order valence-corrected chi connectivity index (χ3v) is 2.14. The Morgan fingerprint density at radius 3 is 2.75 bits per heavy atom. The molecule has 1 heterocycles. The lowest BCUT2D eigenvalue weighted by molar-refractivity contribution is -0.136. The van der Waals surface area contributed by atoms with Gasteiger partial charge in [0.25, 0.3) is 6.43 Å². The van der Waals surface area contributed by atoms with E-state index in [9.17, 15) is 13.6 Å². The van der Waals surface area contributed by atoms with Gasteiger partial charge in [-0.1, -0.05) is 11.6 Å². The fourth-order valence-electron chi connectivity index (χ4n) is 1.26. The first-order valence-electron chi connectivity index (χ1n) is 4.18. The van der Waals surface area contributed by atoms with Gasteiger partial charge in [0, 0.05) is 6.20 Å². The van der Waals surface area contributed by atoms with E-state index in [4.69, 9.17) is 21.4 Å². The van der Waals surface area contributed by atoms with Crippen molar-refractivity contribution in [2.24, 2.45) is 0 Å². The zero-order valence-electron chi connectivity index (χ0n) is 8.21. The minimum Gasteiger partial charge on any atom is -0.493 e. The number of carboxylic acid groups (broad SMARTS) is 1. The second-order valence-electron chi connectivity index (χ2n) is 2.89. The lowest BCUT2D eigenvalue weighted by Gasteiger charge is -2.12. The van der Waals surface area contributed by atoms with Gasteiger partial charge >= 0.3 is 5.97 Å². The number of hydrogen-bond acceptors (Lipinski definition) is 3. The first-order chi connectivity index (χ1) is 7.47. The Hall–Kier alpha value is -1.43. The molecule has 1 aromatic heterocycles. The van der Waals surface area contributed by atoms with Crippen molar-refractivity contribution in [3.63, 3.8) is 0 Å². The van der Waals surface area contributed by atoms with Gasteiger partial charge in [-0.15, -0.1) is 0 Å². The highest BCUT2D eigenvalue weighted by Crippen LogP contribution is 2.36. The number of halogens is 3. The Labute approximate surface area is 94.8 Å². The van der Waals surface area contributed by atoms with Crippen LogP contribution in [0.4, 0.5) is 8.78 Å². The smallest absolute Gasteiger partial charge is 0.307 e. The topological polar surface area (TPSA) is 59.4 Å². The largest absolute Gasteiger partial charge is 0.493 e. The highest BCUT2D eigenvalue weighted by molar-refractivity contribution is 6.31. The first-order valence-corrected chi connectivity index (χ1v) is 4.56. The maximum Gasteiger partial charge on any atom is 0.307 e. The van der Waals surface area contributed by atoms with Gasteiger partial charge in [0.15, 0.2) is 10.9 Å². The van der Waals surface area contributed by atoms with Crippen molar-refractivity contribution in [1.82, 2.24) is 4.98 Å². The molecule has 0 saturated carbocycles. The summed E-state index contributed by atoms with van der Waals surface area (Å²) in [7, 11) is 1.17. The van der Waals surface area contributed by atoms with Crippen LogP contribution >= 0.6 is 11.6 Å². The van der Waals surface area contributed by atoms with Crippen LogP contribution < -0.4 is 4.74 Å². The molecule has 0 aromatic carbocycles. The lowest BCUT2D eigenvalue weighted by Crippen LogP contribution is -2.07. The zero-order valence-corrected chi connectivity index (χ0v) is 8.96. The van der Waals surface area contributed by atoms with Crippen LogP contribution in [0.25, 0.3) is 0 Å². The molecule has 88 valence electrons. The molecule has 0 saturated heterocycles. The van der Waals surface area contributed by atoms with Crippen molar-refractivity contribution in [3.8, 4) is 5.75 Å². The predicted octanol–water partition coefficient (Wildman–Crippen LogP) is 2.31. The average molecular weight is 252 g/mol. The number of rotatable bonds is 4. The van der Waals surface area contributed by atoms with Gasteiger partial charge in [-0.2, -0.15) is 0 Å². The maximum atomic E-state index is 12.7. The molecule has 1 aromatic rings. The Kier molecular flexibility index (Phi) is 4.00. The van der Waals surface area contributed by atoms with E-state index in [-0.39, 0.29) is 16.5 Å². The number of aromatic nitrogens is 1. The van der Waals surface area contributed by atoms with E-state index in [1.54, 1.807) is 0 Å². The molecule has 0 spiro atoms. The molecule has 0 unspecified atom stereocenters. The number of alkyl halides is 2. The Bertz CT molecular complexity index is 412. The van der Waals surface area contributed by atoms with Crippen molar-refractivity contribution in [3.05, 3.63) is 22.5 Å². The molecule has 4 nitrogen and oxygen atoms in total. The van der Waals surface area contributed by atoms with Gasteiger partial charge in [0.05, 0.1) is 19.1 Å². The monoisotopic (exact) mass is 251 g/mol. The summed E-state index contributed by atoms with van der Waals surface area (Å²) in [6, 6.07) is 0. The van der Waals surface area contributed by atoms with E-state index < -0.39 is 24.4 Å². The van der Waals surface area contributed by atoms with Crippen LogP contribution in [0.5, 0.6) is 5.75 Å². The SMILES string of the molecule is COc1c(Cl)ncc(CC(=O)O)c1C(F)F. The molecule has 0 fully saturated rings. The number of hydrogen-bond donors (Lipinski definition) is 1. The van der Waals surface area contributed by atoms with Crippen LogP contribution in [0.2, 0.25) is 5.15 Å². The molecular formula is C9H8ClF2NO3. The Morgan fingerprint density at radius 2 is 2.31 bits per heavy atom. The van der Waals surface area contributed by atoms with Gasteiger partial charge in [-0.25, -0.2) is 13.8 Å². The second kappa shape index (κ2) is 5.07. The molecule has 0 radical (unpaired) electrons. The van der Waals surface area contributed by atoms with Gasteiger partial charge in [-0.3, -0.25) is 4.79 Å². The van der Waals surface area contributed by atoms with Crippen molar-refractivity contribution < 1.29 is 23.4 Å². The quantitative estimate of drug-likeness (QED) is 0.834. The second-order valence-corrected chi connectivity index (χ2v) is 3.25. The van der Waals surface area contributed by atoms with E-state index in [0.717, 1.165) is 6.20 Å². The summed E-state index contributed by atoms with van der Waals surface area (Å²) in [5.41, 5.74) is -0.631. The number of methoxy groups -OCH3 is 1. The Morgan fingerprint density at radius 1 is 1.69 bits per heavy atom. The molecule has 0 amide bonds. The molecule has 16 heavy (non-hydrogen) atoms. The number of pyridine rings is 1. The number of aliphatic carboxylic acids is 1. The van der Waals surface area contributed by atoms with Crippen molar-refractivity contribution in [1.29, 1.82) is 0 Å². The molecule has 0 atom stereocenters. The highest BCUT2D eigenvalue weighted by atomic mass is 35.5. The van der Waals surface area contributed by atoms with Crippen LogP contribution in [0.3, 0.4) is 0 Å².